The van der Waals surface area contributed by atoms with Gasteiger partial charge in [0.25, 0.3) is 0 Å². The summed E-state index contributed by atoms with van der Waals surface area (Å²) in [4.78, 5) is 21.7. The van der Waals surface area contributed by atoms with Crippen molar-refractivity contribution < 1.29 is 19.8 Å². The van der Waals surface area contributed by atoms with Crippen LogP contribution < -0.4 is 0 Å². The van der Waals surface area contributed by atoms with Gasteiger partial charge in [-0.2, -0.15) is 0 Å². The fourth-order valence-electron chi connectivity index (χ4n) is 1.97. The van der Waals surface area contributed by atoms with E-state index in [9.17, 15) is 9.59 Å². The van der Waals surface area contributed by atoms with Crippen LogP contribution in [0.3, 0.4) is 0 Å². The lowest BCUT2D eigenvalue weighted by atomic mass is 9.93. The third-order valence-corrected chi connectivity index (χ3v) is 3.04. The van der Waals surface area contributed by atoms with Crippen LogP contribution >= 0.6 is 0 Å². The lowest BCUT2D eigenvalue weighted by Crippen LogP contribution is -2.16. The van der Waals surface area contributed by atoms with E-state index >= 15 is 0 Å². The van der Waals surface area contributed by atoms with E-state index in [2.05, 4.69) is 0 Å². The average Bonchev–Trinajstić information content (AvgIpc) is 3.09. The van der Waals surface area contributed by atoms with Crippen LogP contribution in [0.25, 0.3) is 0 Å². The Morgan fingerprint density at radius 3 is 2.53 bits per heavy atom. The summed E-state index contributed by atoms with van der Waals surface area (Å²) in [7, 11) is 0. The van der Waals surface area contributed by atoms with Gasteiger partial charge in [-0.3, -0.25) is 9.59 Å². The number of carboxylic acids is 2. The molecule has 1 aliphatic rings. The molecule has 0 heterocycles. The van der Waals surface area contributed by atoms with E-state index in [-0.39, 0.29) is 6.42 Å². The highest BCUT2D eigenvalue weighted by Gasteiger charge is 2.27. The second-order valence-corrected chi connectivity index (χ2v) is 4.43. The van der Waals surface area contributed by atoms with E-state index in [0.717, 1.165) is 18.4 Å². The summed E-state index contributed by atoms with van der Waals surface area (Å²) >= 11 is 0. The molecule has 1 aliphatic carbocycles. The largest absolute Gasteiger partial charge is 0.481 e. The second kappa shape index (κ2) is 4.57. The maximum Gasteiger partial charge on any atom is 0.311 e. The van der Waals surface area contributed by atoms with Crippen LogP contribution in [0.4, 0.5) is 0 Å². The maximum absolute atomic E-state index is 11.1. The molecule has 0 aliphatic heterocycles. The first-order valence-electron chi connectivity index (χ1n) is 5.62. The Morgan fingerprint density at radius 2 is 2.00 bits per heavy atom. The number of hydrogen-bond acceptors (Lipinski definition) is 2. The van der Waals surface area contributed by atoms with Gasteiger partial charge in [-0.1, -0.05) is 24.3 Å². The molecule has 4 nitrogen and oxygen atoms in total. The van der Waals surface area contributed by atoms with Gasteiger partial charge in [0.1, 0.15) is 0 Å². The number of benzene rings is 1. The van der Waals surface area contributed by atoms with E-state index in [4.69, 9.17) is 10.2 Å². The van der Waals surface area contributed by atoms with Crippen molar-refractivity contribution in [2.45, 2.75) is 31.1 Å². The van der Waals surface area contributed by atoms with Gasteiger partial charge in [-0.25, -0.2) is 0 Å². The van der Waals surface area contributed by atoms with Crippen molar-refractivity contribution in [1.29, 1.82) is 0 Å². The van der Waals surface area contributed by atoms with Crippen LogP contribution in [0.2, 0.25) is 0 Å². The molecule has 1 fully saturated rings. The van der Waals surface area contributed by atoms with Gasteiger partial charge in [0, 0.05) is 0 Å². The molecule has 17 heavy (non-hydrogen) atoms. The highest BCUT2D eigenvalue weighted by atomic mass is 16.4. The zero-order valence-electron chi connectivity index (χ0n) is 9.30. The molecule has 0 radical (unpaired) electrons. The van der Waals surface area contributed by atoms with Crippen molar-refractivity contribution >= 4 is 11.9 Å². The summed E-state index contributed by atoms with van der Waals surface area (Å²) in [6.07, 6.45) is 1.91. The molecule has 1 aromatic carbocycles. The topological polar surface area (TPSA) is 74.6 Å². The maximum atomic E-state index is 11.1. The molecule has 1 unspecified atom stereocenters. The molecule has 0 aromatic heterocycles. The Hall–Kier alpha value is -1.84. The Balaban J connectivity index is 2.25. The highest BCUT2D eigenvalue weighted by Crippen LogP contribution is 2.40. The van der Waals surface area contributed by atoms with Crippen molar-refractivity contribution in [2.24, 2.45) is 0 Å². The Kier molecular flexibility index (Phi) is 3.13. The summed E-state index contributed by atoms with van der Waals surface area (Å²) < 4.78 is 0. The first-order chi connectivity index (χ1) is 8.08. The van der Waals surface area contributed by atoms with Crippen molar-refractivity contribution in [1.82, 2.24) is 0 Å². The fraction of sp³-hybridized carbons (Fsp3) is 0.385. The third kappa shape index (κ3) is 2.84. The predicted octanol–water partition coefficient (Wildman–Crippen LogP) is 2.21. The standard InChI is InChI=1S/C13H14O4/c14-12(15)7-11(13(16)17)10-3-1-2-9(6-10)8-4-5-8/h1-3,6,8,11H,4-5,7H2,(H,14,15)(H,16,17). The molecule has 90 valence electrons. The molecule has 1 saturated carbocycles. The molecule has 1 atom stereocenters. The quantitative estimate of drug-likeness (QED) is 0.819. The van der Waals surface area contributed by atoms with Gasteiger partial charge in [-0.15, -0.1) is 0 Å². The monoisotopic (exact) mass is 234 g/mol. The van der Waals surface area contributed by atoms with Gasteiger partial charge in [-0.05, 0) is 29.9 Å². The Labute approximate surface area is 98.9 Å². The summed E-state index contributed by atoms with van der Waals surface area (Å²) in [5.74, 6) is -2.59. The van der Waals surface area contributed by atoms with Crippen LogP contribution in [0.15, 0.2) is 24.3 Å². The van der Waals surface area contributed by atoms with Gasteiger partial charge < -0.3 is 10.2 Å². The molecule has 0 amide bonds. The molecular formula is C13H14O4. The zero-order chi connectivity index (χ0) is 12.4. The minimum Gasteiger partial charge on any atom is -0.481 e. The van der Waals surface area contributed by atoms with Crippen molar-refractivity contribution in [3.05, 3.63) is 35.4 Å². The zero-order valence-corrected chi connectivity index (χ0v) is 9.30. The van der Waals surface area contributed by atoms with Gasteiger partial charge in [0.2, 0.25) is 0 Å². The van der Waals surface area contributed by atoms with E-state index in [1.165, 1.54) is 0 Å². The summed E-state index contributed by atoms with van der Waals surface area (Å²) in [6.45, 7) is 0. The van der Waals surface area contributed by atoms with E-state index in [0.29, 0.717) is 11.5 Å². The molecular weight excluding hydrogens is 220 g/mol. The SMILES string of the molecule is O=C(O)CC(C(=O)O)c1cccc(C2CC2)c1. The Bertz CT molecular complexity index is 448. The van der Waals surface area contributed by atoms with Gasteiger partial charge >= 0.3 is 11.9 Å². The number of carboxylic acid groups (broad SMARTS) is 2. The molecule has 0 saturated heterocycles. The van der Waals surface area contributed by atoms with Crippen molar-refractivity contribution in [2.75, 3.05) is 0 Å². The lowest BCUT2D eigenvalue weighted by Gasteiger charge is -2.11. The number of aliphatic carboxylic acids is 2. The second-order valence-electron chi connectivity index (χ2n) is 4.43. The summed E-state index contributed by atoms with van der Waals surface area (Å²) in [5, 5.41) is 17.8. The minimum absolute atomic E-state index is 0.372. The highest BCUT2D eigenvalue weighted by molar-refractivity contribution is 5.82. The van der Waals surface area contributed by atoms with Crippen LogP contribution in [0, 0.1) is 0 Å². The number of hydrogen-bond donors (Lipinski definition) is 2. The molecule has 4 heteroatoms. The summed E-state index contributed by atoms with van der Waals surface area (Å²) in [6, 6.07) is 7.30. The predicted molar refractivity (Wildman–Crippen MR) is 61.0 cm³/mol. The van der Waals surface area contributed by atoms with Gasteiger partial charge in [0.05, 0.1) is 12.3 Å². The lowest BCUT2D eigenvalue weighted by molar-refractivity contribution is -0.145. The molecule has 1 aromatic rings. The van der Waals surface area contributed by atoms with Crippen LogP contribution in [0.1, 0.15) is 42.2 Å². The average molecular weight is 234 g/mol. The third-order valence-electron chi connectivity index (χ3n) is 3.04. The first-order valence-corrected chi connectivity index (χ1v) is 5.62. The minimum atomic E-state index is -1.09. The molecule has 0 bridgehead atoms. The van der Waals surface area contributed by atoms with Crippen LogP contribution in [-0.2, 0) is 9.59 Å². The van der Waals surface area contributed by atoms with Gasteiger partial charge in [0.15, 0.2) is 0 Å². The molecule has 2 N–H and O–H groups in total. The van der Waals surface area contributed by atoms with Crippen molar-refractivity contribution in [3.63, 3.8) is 0 Å². The molecule has 2 rings (SSSR count). The van der Waals surface area contributed by atoms with Crippen LogP contribution in [0.5, 0.6) is 0 Å². The molecule has 0 spiro atoms. The van der Waals surface area contributed by atoms with Crippen LogP contribution in [-0.4, -0.2) is 22.2 Å². The number of rotatable bonds is 5. The van der Waals surface area contributed by atoms with E-state index in [1.54, 1.807) is 12.1 Å². The normalized spacial score (nSPS) is 16.5. The fourth-order valence-corrected chi connectivity index (χ4v) is 1.97. The number of carbonyl (C=O) groups is 2. The summed E-state index contributed by atoms with van der Waals surface area (Å²) in [5.41, 5.74) is 1.71. The Morgan fingerprint density at radius 1 is 1.29 bits per heavy atom. The smallest absolute Gasteiger partial charge is 0.311 e. The van der Waals surface area contributed by atoms with E-state index in [1.807, 2.05) is 12.1 Å². The first kappa shape index (κ1) is 11.6. The van der Waals surface area contributed by atoms with Crippen molar-refractivity contribution in [3.8, 4) is 0 Å². The van der Waals surface area contributed by atoms with E-state index < -0.39 is 17.9 Å².